The first-order valence-electron chi connectivity index (χ1n) is 5.09. The van der Waals surface area contributed by atoms with Gasteiger partial charge in [-0.25, -0.2) is 4.98 Å². The molecular weight excluding hydrogens is 240 g/mol. The monoisotopic (exact) mass is 252 g/mol. The number of thiophene rings is 1. The van der Waals surface area contributed by atoms with Crippen LogP contribution in [0.25, 0.3) is 0 Å². The quantitative estimate of drug-likeness (QED) is 0.825. The van der Waals surface area contributed by atoms with Crippen LogP contribution < -0.4 is 5.32 Å². The number of nitrogens with zero attached hydrogens (tertiary/aromatic N) is 1. The topological polar surface area (TPSA) is 24.9 Å². The van der Waals surface area contributed by atoms with E-state index >= 15 is 0 Å². The van der Waals surface area contributed by atoms with E-state index in [-0.39, 0.29) is 6.04 Å². The summed E-state index contributed by atoms with van der Waals surface area (Å²) in [6, 6.07) is 6.20. The van der Waals surface area contributed by atoms with Crippen molar-refractivity contribution in [2.45, 2.75) is 19.9 Å². The van der Waals surface area contributed by atoms with Crippen LogP contribution in [0.4, 0.5) is 5.69 Å². The van der Waals surface area contributed by atoms with E-state index in [1.807, 2.05) is 12.1 Å². The van der Waals surface area contributed by atoms with E-state index in [0.717, 1.165) is 5.69 Å². The molecule has 0 saturated carbocycles. The van der Waals surface area contributed by atoms with Gasteiger partial charge >= 0.3 is 0 Å². The summed E-state index contributed by atoms with van der Waals surface area (Å²) in [5, 5.41) is 5.99. The Hall–Kier alpha value is -1.06. The van der Waals surface area contributed by atoms with Crippen molar-refractivity contribution in [1.29, 1.82) is 0 Å². The molecule has 84 valence electrons. The van der Waals surface area contributed by atoms with Crippen LogP contribution in [-0.2, 0) is 0 Å². The number of hydrogen-bond donors (Lipinski definition) is 1. The van der Waals surface area contributed by atoms with E-state index in [2.05, 4.69) is 35.6 Å². The third-order valence-corrected chi connectivity index (χ3v) is 3.93. The first-order chi connectivity index (χ1) is 7.68. The molecule has 4 heteroatoms. The van der Waals surface area contributed by atoms with E-state index in [4.69, 9.17) is 11.6 Å². The summed E-state index contributed by atoms with van der Waals surface area (Å²) >= 11 is 7.76. The zero-order valence-electron chi connectivity index (χ0n) is 9.20. The standard InChI is InChI=1S/C12H13ClN2S/c1-8-5-7-16-11(8)9(2)15-10-4-3-6-14-12(10)13/h3-7,9,15H,1-2H3. The highest BCUT2D eigenvalue weighted by Gasteiger charge is 2.11. The highest BCUT2D eigenvalue weighted by molar-refractivity contribution is 7.10. The van der Waals surface area contributed by atoms with Crippen molar-refractivity contribution in [2.75, 3.05) is 5.32 Å². The van der Waals surface area contributed by atoms with Crippen molar-refractivity contribution in [3.05, 3.63) is 45.4 Å². The molecule has 0 bridgehead atoms. The predicted octanol–water partition coefficient (Wildman–Crippen LogP) is 4.28. The summed E-state index contributed by atoms with van der Waals surface area (Å²) in [4.78, 5) is 5.38. The maximum Gasteiger partial charge on any atom is 0.152 e. The van der Waals surface area contributed by atoms with Gasteiger partial charge in [0, 0.05) is 11.1 Å². The smallest absolute Gasteiger partial charge is 0.152 e. The number of pyridine rings is 1. The third-order valence-electron chi connectivity index (χ3n) is 2.43. The normalized spacial score (nSPS) is 12.4. The van der Waals surface area contributed by atoms with E-state index in [1.54, 1.807) is 17.5 Å². The Balaban J connectivity index is 2.17. The van der Waals surface area contributed by atoms with Crippen molar-refractivity contribution in [3.63, 3.8) is 0 Å². The average Bonchev–Trinajstić information content (AvgIpc) is 2.68. The molecule has 1 unspecified atom stereocenters. The molecule has 2 aromatic rings. The van der Waals surface area contributed by atoms with Gasteiger partial charge in [0.15, 0.2) is 5.15 Å². The molecule has 16 heavy (non-hydrogen) atoms. The van der Waals surface area contributed by atoms with E-state index in [9.17, 15) is 0 Å². The Kier molecular flexibility index (Phi) is 3.46. The summed E-state index contributed by atoms with van der Waals surface area (Å²) in [5.74, 6) is 0. The van der Waals surface area contributed by atoms with Gasteiger partial charge in [-0.3, -0.25) is 0 Å². The van der Waals surface area contributed by atoms with Crippen LogP contribution in [-0.4, -0.2) is 4.98 Å². The summed E-state index contributed by atoms with van der Waals surface area (Å²) < 4.78 is 0. The molecule has 2 rings (SSSR count). The Morgan fingerprint density at radius 2 is 2.25 bits per heavy atom. The van der Waals surface area contributed by atoms with Gasteiger partial charge in [-0.1, -0.05) is 11.6 Å². The molecule has 1 atom stereocenters. The van der Waals surface area contributed by atoms with Gasteiger partial charge in [0.2, 0.25) is 0 Å². The molecule has 0 aliphatic carbocycles. The summed E-state index contributed by atoms with van der Waals surface area (Å²) in [6.07, 6.45) is 1.69. The molecule has 0 aliphatic heterocycles. The number of hydrogen-bond acceptors (Lipinski definition) is 3. The fraction of sp³-hybridized carbons (Fsp3) is 0.250. The minimum atomic E-state index is 0.252. The zero-order chi connectivity index (χ0) is 11.5. The van der Waals surface area contributed by atoms with Gasteiger partial charge in [-0.2, -0.15) is 0 Å². The lowest BCUT2D eigenvalue weighted by atomic mass is 10.2. The highest BCUT2D eigenvalue weighted by atomic mass is 35.5. The molecular formula is C12H13ClN2S. The SMILES string of the molecule is Cc1ccsc1C(C)Nc1cccnc1Cl. The molecule has 2 aromatic heterocycles. The minimum Gasteiger partial charge on any atom is -0.375 e. The first-order valence-corrected chi connectivity index (χ1v) is 6.35. The van der Waals surface area contributed by atoms with Crippen molar-refractivity contribution in [2.24, 2.45) is 0 Å². The van der Waals surface area contributed by atoms with E-state index < -0.39 is 0 Å². The van der Waals surface area contributed by atoms with Crippen LogP contribution in [0.1, 0.15) is 23.4 Å². The Labute approximate surface area is 104 Å². The van der Waals surface area contributed by atoms with Crippen LogP contribution in [0.2, 0.25) is 5.15 Å². The fourth-order valence-electron chi connectivity index (χ4n) is 1.62. The predicted molar refractivity (Wildman–Crippen MR) is 70.3 cm³/mol. The van der Waals surface area contributed by atoms with Crippen molar-refractivity contribution < 1.29 is 0 Å². The first kappa shape index (κ1) is 11.4. The van der Waals surface area contributed by atoms with Crippen LogP contribution in [0.3, 0.4) is 0 Å². The van der Waals surface area contributed by atoms with E-state index in [1.165, 1.54) is 10.4 Å². The summed E-state index contributed by atoms with van der Waals surface area (Å²) in [5.41, 5.74) is 2.19. The summed E-state index contributed by atoms with van der Waals surface area (Å²) in [6.45, 7) is 4.25. The lowest BCUT2D eigenvalue weighted by Gasteiger charge is -2.15. The molecule has 0 spiro atoms. The van der Waals surface area contributed by atoms with E-state index in [0.29, 0.717) is 5.15 Å². The fourth-order valence-corrected chi connectivity index (χ4v) is 2.73. The molecule has 2 heterocycles. The maximum absolute atomic E-state index is 6.00. The van der Waals surface area contributed by atoms with Crippen LogP contribution in [0, 0.1) is 6.92 Å². The molecule has 0 aliphatic rings. The molecule has 1 N–H and O–H groups in total. The second-order valence-corrected chi connectivity index (χ2v) is 4.98. The van der Waals surface area contributed by atoms with Gasteiger partial charge in [0.05, 0.1) is 11.7 Å². The minimum absolute atomic E-state index is 0.252. The number of aromatic nitrogens is 1. The lowest BCUT2D eigenvalue weighted by molar-refractivity contribution is 0.897. The molecule has 0 aromatic carbocycles. The Bertz CT molecular complexity index is 481. The number of halogens is 1. The van der Waals surface area contributed by atoms with Crippen LogP contribution in [0.5, 0.6) is 0 Å². The average molecular weight is 253 g/mol. The molecule has 0 saturated heterocycles. The molecule has 0 radical (unpaired) electrons. The van der Waals surface area contributed by atoms with Crippen LogP contribution in [0.15, 0.2) is 29.8 Å². The van der Waals surface area contributed by atoms with Crippen molar-refractivity contribution in [1.82, 2.24) is 4.98 Å². The Morgan fingerprint density at radius 1 is 1.44 bits per heavy atom. The molecule has 2 nitrogen and oxygen atoms in total. The van der Waals surface area contributed by atoms with Gasteiger partial charge in [0.25, 0.3) is 0 Å². The lowest BCUT2D eigenvalue weighted by Crippen LogP contribution is -2.06. The zero-order valence-corrected chi connectivity index (χ0v) is 10.8. The van der Waals surface area contributed by atoms with Gasteiger partial charge in [-0.15, -0.1) is 11.3 Å². The molecule has 0 amide bonds. The van der Waals surface area contributed by atoms with Gasteiger partial charge < -0.3 is 5.32 Å². The maximum atomic E-state index is 6.00. The number of aryl methyl sites for hydroxylation is 1. The number of rotatable bonds is 3. The third kappa shape index (κ3) is 2.36. The Morgan fingerprint density at radius 3 is 2.88 bits per heavy atom. The second-order valence-electron chi connectivity index (χ2n) is 3.68. The van der Waals surface area contributed by atoms with Gasteiger partial charge in [0.1, 0.15) is 0 Å². The summed E-state index contributed by atoms with van der Waals surface area (Å²) in [7, 11) is 0. The van der Waals surface area contributed by atoms with Crippen LogP contribution >= 0.6 is 22.9 Å². The number of anilines is 1. The van der Waals surface area contributed by atoms with Crippen molar-refractivity contribution >= 4 is 28.6 Å². The van der Waals surface area contributed by atoms with Gasteiger partial charge in [-0.05, 0) is 43.0 Å². The molecule has 0 fully saturated rings. The highest BCUT2D eigenvalue weighted by Crippen LogP contribution is 2.28. The second kappa shape index (κ2) is 4.85. The van der Waals surface area contributed by atoms with Crippen molar-refractivity contribution in [3.8, 4) is 0 Å². The largest absolute Gasteiger partial charge is 0.375 e. The number of nitrogens with one attached hydrogen (secondary N) is 1.